The van der Waals surface area contributed by atoms with Gasteiger partial charge in [-0.15, -0.1) is 0 Å². The van der Waals surface area contributed by atoms with E-state index in [0.717, 1.165) is 5.75 Å². The predicted molar refractivity (Wildman–Crippen MR) is 104 cm³/mol. The number of ether oxygens (including phenoxy) is 2. The minimum Gasteiger partial charge on any atom is -0.494 e. The lowest BCUT2D eigenvalue weighted by molar-refractivity contribution is 0.102. The SMILES string of the molecule is CCOc1ccc(C(=O)Nc2ccc(Oc3ccc(Cl)cc3)cc2)cc1. The Morgan fingerprint density at radius 2 is 1.38 bits per heavy atom. The Kier molecular flexibility index (Phi) is 5.77. The molecule has 0 fully saturated rings. The van der Waals surface area contributed by atoms with Gasteiger partial charge in [-0.2, -0.15) is 0 Å². The highest BCUT2D eigenvalue weighted by atomic mass is 35.5. The molecule has 1 amide bonds. The summed E-state index contributed by atoms with van der Waals surface area (Å²) in [5.74, 6) is 1.93. The van der Waals surface area contributed by atoms with Crippen LogP contribution in [0.3, 0.4) is 0 Å². The second-order valence-electron chi connectivity index (χ2n) is 5.49. The average molecular weight is 368 g/mol. The monoisotopic (exact) mass is 367 g/mol. The highest BCUT2D eigenvalue weighted by Gasteiger charge is 2.07. The van der Waals surface area contributed by atoms with Crippen molar-refractivity contribution in [3.63, 3.8) is 0 Å². The van der Waals surface area contributed by atoms with E-state index in [1.807, 2.05) is 6.92 Å². The molecule has 5 heteroatoms. The van der Waals surface area contributed by atoms with Crippen LogP contribution in [-0.2, 0) is 0 Å². The maximum atomic E-state index is 12.3. The van der Waals surface area contributed by atoms with E-state index < -0.39 is 0 Å². The molecule has 4 nitrogen and oxygen atoms in total. The smallest absolute Gasteiger partial charge is 0.255 e. The summed E-state index contributed by atoms with van der Waals surface area (Å²) in [7, 11) is 0. The van der Waals surface area contributed by atoms with Gasteiger partial charge in [-0.05, 0) is 79.7 Å². The molecule has 1 N–H and O–H groups in total. The van der Waals surface area contributed by atoms with Crippen molar-refractivity contribution in [1.82, 2.24) is 0 Å². The highest BCUT2D eigenvalue weighted by Crippen LogP contribution is 2.24. The maximum Gasteiger partial charge on any atom is 0.255 e. The Bertz CT molecular complexity index is 859. The number of carbonyl (C=O) groups excluding carboxylic acids is 1. The summed E-state index contributed by atoms with van der Waals surface area (Å²) < 4.78 is 11.1. The molecule has 3 aromatic rings. The lowest BCUT2D eigenvalue weighted by atomic mass is 10.2. The van der Waals surface area contributed by atoms with Crippen LogP contribution in [0.5, 0.6) is 17.2 Å². The van der Waals surface area contributed by atoms with E-state index in [-0.39, 0.29) is 5.91 Å². The van der Waals surface area contributed by atoms with Crippen LogP contribution >= 0.6 is 11.6 Å². The Hall–Kier alpha value is -2.98. The summed E-state index contributed by atoms with van der Waals surface area (Å²) in [6.45, 7) is 2.51. The third-order valence-electron chi connectivity index (χ3n) is 3.59. The van der Waals surface area contributed by atoms with Crippen LogP contribution in [0.2, 0.25) is 5.02 Å². The zero-order valence-electron chi connectivity index (χ0n) is 14.2. The van der Waals surface area contributed by atoms with Crippen LogP contribution < -0.4 is 14.8 Å². The van der Waals surface area contributed by atoms with Crippen molar-refractivity contribution in [2.75, 3.05) is 11.9 Å². The third-order valence-corrected chi connectivity index (χ3v) is 3.84. The second kappa shape index (κ2) is 8.41. The third kappa shape index (κ3) is 4.77. The molecule has 0 aliphatic rings. The highest BCUT2D eigenvalue weighted by molar-refractivity contribution is 6.30. The van der Waals surface area contributed by atoms with Crippen LogP contribution in [0.15, 0.2) is 72.8 Å². The van der Waals surface area contributed by atoms with E-state index in [0.29, 0.717) is 34.4 Å². The minimum absolute atomic E-state index is 0.181. The van der Waals surface area contributed by atoms with E-state index in [2.05, 4.69) is 5.32 Å². The normalized spacial score (nSPS) is 10.2. The fraction of sp³-hybridized carbons (Fsp3) is 0.0952. The quantitative estimate of drug-likeness (QED) is 0.600. The Morgan fingerprint density at radius 3 is 1.96 bits per heavy atom. The first-order chi connectivity index (χ1) is 12.6. The van der Waals surface area contributed by atoms with Gasteiger partial charge in [0.1, 0.15) is 17.2 Å². The summed E-state index contributed by atoms with van der Waals surface area (Å²) in [4.78, 5) is 12.3. The largest absolute Gasteiger partial charge is 0.494 e. The number of nitrogens with one attached hydrogen (secondary N) is 1. The summed E-state index contributed by atoms with van der Waals surface area (Å²) in [6, 6.07) is 21.3. The number of hydrogen-bond acceptors (Lipinski definition) is 3. The van der Waals surface area contributed by atoms with E-state index in [1.165, 1.54) is 0 Å². The van der Waals surface area contributed by atoms with Crippen molar-refractivity contribution in [2.45, 2.75) is 6.92 Å². The molecule has 0 aliphatic heterocycles. The number of halogens is 1. The topological polar surface area (TPSA) is 47.6 Å². The molecule has 0 bridgehead atoms. The van der Waals surface area contributed by atoms with Gasteiger partial charge in [0.2, 0.25) is 0 Å². The number of anilines is 1. The van der Waals surface area contributed by atoms with Crippen LogP contribution in [0, 0.1) is 0 Å². The van der Waals surface area contributed by atoms with Crippen LogP contribution in [-0.4, -0.2) is 12.5 Å². The van der Waals surface area contributed by atoms with Crippen molar-refractivity contribution in [1.29, 1.82) is 0 Å². The molecule has 0 radical (unpaired) electrons. The molecular weight excluding hydrogens is 350 g/mol. The Balaban J connectivity index is 1.61. The molecule has 132 valence electrons. The average Bonchev–Trinajstić information content (AvgIpc) is 2.66. The summed E-state index contributed by atoms with van der Waals surface area (Å²) in [5, 5.41) is 3.51. The molecule has 0 saturated heterocycles. The van der Waals surface area contributed by atoms with Gasteiger partial charge in [-0.3, -0.25) is 4.79 Å². The summed E-state index contributed by atoms with van der Waals surface area (Å²) >= 11 is 5.86. The van der Waals surface area contributed by atoms with E-state index in [1.54, 1.807) is 72.8 Å². The van der Waals surface area contributed by atoms with E-state index >= 15 is 0 Å². The number of hydrogen-bond donors (Lipinski definition) is 1. The molecule has 0 saturated carbocycles. The fourth-order valence-electron chi connectivity index (χ4n) is 2.32. The Morgan fingerprint density at radius 1 is 0.846 bits per heavy atom. The van der Waals surface area contributed by atoms with Gasteiger partial charge in [0.05, 0.1) is 6.61 Å². The molecule has 3 rings (SSSR count). The minimum atomic E-state index is -0.181. The van der Waals surface area contributed by atoms with E-state index in [9.17, 15) is 4.79 Å². The first-order valence-electron chi connectivity index (χ1n) is 8.22. The summed E-state index contributed by atoms with van der Waals surface area (Å²) in [6.07, 6.45) is 0. The van der Waals surface area contributed by atoms with Crippen molar-refractivity contribution in [2.24, 2.45) is 0 Å². The van der Waals surface area contributed by atoms with Gasteiger partial charge < -0.3 is 14.8 Å². The molecule has 0 heterocycles. The Labute approximate surface area is 157 Å². The zero-order chi connectivity index (χ0) is 18.4. The van der Waals surface area contributed by atoms with Crippen molar-refractivity contribution in [3.05, 3.63) is 83.4 Å². The van der Waals surface area contributed by atoms with E-state index in [4.69, 9.17) is 21.1 Å². The van der Waals surface area contributed by atoms with Gasteiger partial charge in [-0.25, -0.2) is 0 Å². The van der Waals surface area contributed by atoms with Gasteiger partial charge in [0.15, 0.2) is 0 Å². The van der Waals surface area contributed by atoms with Gasteiger partial charge in [0, 0.05) is 16.3 Å². The number of rotatable bonds is 6. The lowest BCUT2D eigenvalue weighted by Gasteiger charge is -2.09. The van der Waals surface area contributed by atoms with Crippen molar-refractivity contribution >= 4 is 23.2 Å². The fourth-order valence-corrected chi connectivity index (χ4v) is 2.44. The molecule has 0 aliphatic carbocycles. The van der Waals surface area contributed by atoms with Crippen LogP contribution in [0.4, 0.5) is 5.69 Å². The van der Waals surface area contributed by atoms with Crippen molar-refractivity contribution < 1.29 is 14.3 Å². The first-order valence-corrected chi connectivity index (χ1v) is 8.59. The molecular formula is C21H18ClNO3. The lowest BCUT2D eigenvalue weighted by Crippen LogP contribution is -2.11. The first kappa shape index (κ1) is 17.8. The van der Waals surface area contributed by atoms with Gasteiger partial charge in [0.25, 0.3) is 5.91 Å². The molecule has 26 heavy (non-hydrogen) atoms. The molecule has 0 aromatic heterocycles. The number of amides is 1. The molecule has 3 aromatic carbocycles. The van der Waals surface area contributed by atoms with Crippen LogP contribution in [0.25, 0.3) is 0 Å². The van der Waals surface area contributed by atoms with Crippen molar-refractivity contribution in [3.8, 4) is 17.2 Å². The van der Waals surface area contributed by atoms with Gasteiger partial charge in [-0.1, -0.05) is 11.6 Å². The summed E-state index contributed by atoms with van der Waals surface area (Å²) in [5.41, 5.74) is 1.25. The maximum absolute atomic E-state index is 12.3. The molecule has 0 atom stereocenters. The zero-order valence-corrected chi connectivity index (χ0v) is 15.0. The van der Waals surface area contributed by atoms with Crippen LogP contribution in [0.1, 0.15) is 17.3 Å². The van der Waals surface area contributed by atoms with Gasteiger partial charge >= 0.3 is 0 Å². The number of benzene rings is 3. The molecule has 0 spiro atoms. The second-order valence-corrected chi connectivity index (χ2v) is 5.93. The predicted octanol–water partition coefficient (Wildman–Crippen LogP) is 5.78. The standard InChI is InChI=1S/C21H18ClNO3/c1-2-25-18-9-3-15(4-10-18)21(24)23-17-7-13-20(14-8-17)26-19-11-5-16(22)6-12-19/h3-14H,2H2,1H3,(H,23,24). The number of carbonyl (C=O) groups is 1. The molecule has 0 unspecified atom stereocenters.